The molecule has 2 aromatic rings. The van der Waals surface area contributed by atoms with Crippen molar-refractivity contribution in [2.75, 3.05) is 17.7 Å². The second-order valence-electron chi connectivity index (χ2n) is 7.01. The third kappa shape index (κ3) is 5.56. The van der Waals surface area contributed by atoms with Gasteiger partial charge >= 0.3 is 5.97 Å². The Labute approximate surface area is 162 Å². The fraction of sp³-hybridized carbons (Fsp3) is 0.250. The molecule has 2 rings (SSSR count). The van der Waals surface area contributed by atoms with Crippen LogP contribution < -0.4 is 11.1 Å². The summed E-state index contributed by atoms with van der Waals surface area (Å²) in [7, 11) is 0. The molecular weight excluding hydrogens is 368 g/mol. The summed E-state index contributed by atoms with van der Waals surface area (Å²) < 4.78 is 5.02. The van der Waals surface area contributed by atoms with Crippen LogP contribution in [-0.4, -0.2) is 24.3 Å². The van der Waals surface area contributed by atoms with Crippen LogP contribution in [-0.2, 0) is 9.53 Å². The summed E-state index contributed by atoms with van der Waals surface area (Å²) in [6, 6.07) is 10.8. The molecule has 0 saturated heterocycles. The first-order valence-corrected chi connectivity index (χ1v) is 8.62. The Morgan fingerprint density at radius 1 is 1.07 bits per heavy atom. The molecule has 0 bridgehead atoms. The van der Waals surface area contributed by atoms with Crippen molar-refractivity contribution in [1.82, 2.24) is 0 Å². The fourth-order valence-corrected chi connectivity index (χ4v) is 2.25. The zero-order valence-corrected chi connectivity index (χ0v) is 16.1. The number of hydrogen-bond acceptors (Lipinski definition) is 5. The van der Waals surface area contributed by atoms with Gasteiger partial charge in [-0.05, 0) is 42.5 Å². The van der Waals surface area contributed by atoms with Crippen molar-refractivity contribution >= 4 is 40.6 Å². The topological polar surface area (TPSA) is 98.5 Å². The molecule has 0 aliphatic rings. The van der Waals surface area contributed by atoms with Gasteiger partial charge in [-0.3, -0.25) is 9.59 Å². The van der Waals surface area contributed by atoms with Crippen LogP contribution in [0.5, 0.6) is 0 Å². The van der Waals surface area contributed by atoms with E-state index in [1.165, 1.54) is 18.2 Å². The van der Waals surface area contributed by atoms with E-state index in [4.69, 9.17) is 22.1 Å². The minimum Gasteiger partial charge on any atom is -0.454 e. The maximum atomic E-state index is 12.2. The molecule has 0 aliphatic heterocycles. The molecule has 2 aromatic carbocycles. The average Bonchev–Trinajstić information content (AvgIpc) is 2.59. The number of amides is 1. The van der Waals surface area contributed by atoms with Gasteiger partial charge in [0.1, 0.15) is 0 Å². The standard InChI is InChI=1S/C20H21ClN2O4/c1-20(2,3)19(26)23-14-7-4-12(5-8-14)17(24)11-27-18(25)15-9-6-13(21)10-16(15)22/h4-10H,11,22H2,1-3H3,(H,23,26). The van der Waals surface area contributed by atoms with Gasteiger partial charge < -0.3 is 15.8 Å². The van der Waals surface area contributed by atoms with Gasteiger partial charge in [0, 0.05) is 27.4 Å². The number of ether oxygens (including phenoxy) is 1. The second-order valence-corrected chi connectivity index (χ2v) is 7.45. The zero-order chi connectivity index (χ0) is 20.2. The third-order valence-corrected chi connectivity index (χ3v) is 3.95. The molecule has 0 heterocycles. The smallest absolute Gasteiger partial charge is 0.340 e. The summed E-state index contributed by atoms with van der Waals surface area (Å²) in [5, 5.41) is 3.17. The van der Waals surface area contributed by atoms with Gasteiger partial charge in [0.15, 0.2) is 12.4 Å². The summed E-state index contributed by atoms with van der Waals surface area (Å²) in [4.78, 5) is 36.2. The van der Waals surface area contributed by atoms with E-state index in [2.05, 4.69) is 5.32 Å². The van der Waals surface area contributed by atoms with E-state index in [1.807, 2.05) is 20.8 Å². The first-order chi connectivity index (χ1) is 12.6. The lowest BCUT2D eigenvalue weighted by molar-refractivity contribution is -0.123. The number of carbonyl (C=O) groups is 3. The van der Waals surface area contributed by atoms with Crippen molar-refractivity contribution in [2.24, 2.45) is 5.41 Å². The summed E-state index contributed by atoms with van der Waals surface area (Å²) in [6.45, 7) is 5.00. The van der Waals surface area contributed by atoms with Crippen LogP contribution in [0.3, 0.4) is 0 Å². The quantitative estimate of drug-likeness (QED) is 0.459. The maximum absolute atomic E-state index is 12.2. The number of hydrogen-bond donors (Lipinski definition) is 2. The van der Waals surface area contributed by atoms with Crippen LogP contribution in [0.25, 0.3) is 0 Å². The van der Waals surface area contributed by atoms with E-state index in [-0.39, 0.29) is 22.9 Å². The molecule has 0 radical (unpaired) electrons. The lowest BCUT2D eigenvalue weighted by Gasteiger charge is -2.17. The minimum atomic E-state index is -0.702. The number of esters is 1. The lowest BCUT2D eigenvalue weighted by Crippen LogP contribution is -2.27. The van der Waals surface area contributed by atoms with Crippen LogP contribution in [0.2, 0.25) is 5.02 Å². The first-order valence-electron chi connectivity index (χ1n) is 8.25. The molecule has 0 fully saturated rings. The summed E-state index contributed by atoms with van der Waals surface area (Å²) in [5.74, 6) is -1.20. The number of nitrogens with two attached hydrogens (primary N) is 1. The van der Waals surface area contributed by atoms with Crippen molar-refractivity contribution in [2.45, 2.75) is 20.8 Å². The van der Waals surface area contributed by atoms with Crippen LogP contribution in [0.4, 0.5) is 11.4 Å². The normalized spacial score (nSPS) is 11.0. The predicted octanol–water partition coefficient (Wildman–Crippen LogP) is 3.95. The Balaban J connectivity index is 1.96. The van der Waals surface area contributed by atoms with Crippen LogP contribution in [0, 0.1) is 5.41 Å². The number of rotatable bonds is 5. The molecular formula is C20H21ClN2O4. The van der Waals surface area contributed by atoms with E-state index in [9.17, 15) is 14.4 Å². The fourth-order valence-electron chi connectivity index (χ4n) is 2.07. The summed E-state index contributed by atoms with van der Waals surface area (Å²) in [6.07, 6.45) is 0. The number of halogens is 1. The molecule has 0 unspecified atom stereocenters. The summed E-state index contributed by atoms with van der Waals surface area (Å²) >= 11 is 5.79. The van der Waals surface area contributed by atoms with Crippen molar-refractivity contribution in [3.05, 3.63) is 58.6 Å². The monoisotopic (exact) mass is 388 g/mol. The van der Waals surface area contributed by atoms with E-state index < -0.39 is 18.0 Å². The van der Waals surface area contributed by atoms with Crippen LogP contribution in [0.1, 0.15) is 41.5 Å². The highest BCUT2D eigenvalue weighted by Crippen LogP contribution is 2.20. The van der Waals surface area contributed by atoms with E-state index >= 15 is 0 Å². The van der Waals surface area contributed by atoms with Crippen molar-refractivity contribution in [3.63, 3.8) is 0 Å². The Morgan fingerprint density at radius 2 is 1.70 bits per heavy atom. The average molecular weight is 389 g/mol. The number of benzene rings is 2. The highest BCUT2D eigenvalue weighted by Gasteiger charge is 2.21. The Kier molecular flexibility index (Phi) is 6.23. The highest BCUT2D eigenvalue weighted by molar-refractivity contribution is 6.31. The molecule has 0 aromatic heterocycles. The third-order valence-electron chi connectivity index (χ3n) is 3.71. The Bertz CT molecular complexity index is 871. The first kappa shape index (κ1) is 20.5. The SMILES string of the molecule is CC(C)(C)C(=O)Nc1ccc(C(=O)COC(=O)c2ccc(Cl)cc2N)cc1. The number of nitrogen functional groups attached to an aromatic ring is 1. The van der Waals surface area contributed by atoms with Gasteiger partial charge in [0.05, 0.1) is 5.56 Å². The van der Waals surface area contributed by atoms with Gasteiger partial charge in [-0.25, -0.2) is 4.79 Å². The molecule has 1 amide bonds. The minimum absolute atomic E-state index is 0.129. The second kappa shape index (κ2) is 8.22. The summed E-state index contributed by atoms with van der Waals surface area (Å²) in [5.41, 5.74) is 6.47. The van der Waals surface area contributed by atoms with E-state index in [1.54, 1.807) is 24.3 Å². The highest BCUT2D eigenvalue weighted by atomic mass is 35.5. The van der Waals surface area contributed by atoms with E-state index in [0.29, 0.717) is 16.3 Å². The molecule has 27 heavy (non-hydrogen) atoms. The van der Waals surface area contributed by atoms with Crippen LogP contribution >= 0.6 is 11.6 Å². The van der Waals surface area contributed by atoms with Gasteiger partial charge in [-0.2, -0.15) is 0 Å². The zero-order valence-electron chi connectivity index (χ0n) is 15.3. The predicted molar refractivity (Wildman–Crippen MR) is 105 cm³/mol. The molecule has 7 heteroatoms. The van der Waals surface area contributed by atoms with Crippen molar-refractivity contribution < 1.29 is 19.1 Å². The van der Waals surface area contributed by atoms with Gasteiger partial charge in [-0.15, -0.1) is 0 Å². The molecule has 0 saturated carbocycles. The number of carbonyl (C=O) groups excluding carboxylic acids is 3. The number of Topliss-reactive ketones (excluding diaryl/α,β-unsaturated/α-hetero) is 1. The van der Waals surface area contributed by atoms with Gasteiger partial charge in [0.2, 0.25) is 5.91 Å². The molecule has 0 aliphatic carbocycles. The Hall–Kier alpha value is -2.86. The van der Waals surface area contributed by atoms with Gasteiger partial charge in [0.25, 0.3) is 0 Å². The largest absolute Gasteiger partial charge is 0.454 e. The number of anilines is 2. The maximum Gasteiger partial charge on any atom is 0.340 e. The molecule has 0 spiro atoms. The molecule has 0 atom stereocenters. The number of nitrogens with one attached hydrogen (secondary N) is 1. The lowest BCUT2D eigenvalue weighted by atomic mass is 9.95. The van der Waals surface area contributed by atoms with Crippen molar-refractivity contribution in [3.8, 4) is 0 Å². The molecule has 142 valence electrons. The van der Waals surface area contributed by atoms with E-state index in [0.717, 1.165) is 0 Å². The Morgan fingerprint density at radius 3 is 2.26 bits per heavy atom. The molecule has 6 nitrogen and oxygen atoms in total. The van der Waals surface area contributed by atoms with Gasteiger partial charge in [-0.1, -0.05) is 32.4 Å². The van der Waals surface area contributed by atoms with Crippen LogP contribution in [0.15, 0.2) is 42.5 Å². The van der Waals surface area contributed by atoms with Crippen molar-refractivity contribution in [1.29, 1.82) is 0 Å². The number of ketones is 1. The molecule has 3 N–H and O–H groups in total.